The molecule has 1 heterocycles. The van der Waals surface area contributed by atoms with E-state index in [0.29, 0.717) is 0 Å². The van der Waals surface area contributed by atoms with Crippen LogP contribution in [0.5, 0.6) is 0 Å². The van der Waals surface area contributed by atoms with Gasteiger partial charge in [-0.05, 0) is 0 Å². The molecule has 4 unspecified atom stereocenters. The van der Waals surface area contributed by atoms with Crippen molar-refractivity contribution in [3.63, 3.8) is 0 Å². The van der Waals surface area contributed by atoms with Gasteiger partial charge in [-0.2, -0.15) is 0 Å². The summed E-state index contributed by atoms with van der Waals surface area (Å²) in [5.74, 6) is 0. The Morgan fingerprint density at radius 2 is 1.33 bits per heavy atom. The minimum atomic E-state index is -0.544. The summed E-state index contributed by atoms with van der Waals surface area (Å²) in [7, 11) is 0. The molecule has 0 saturated carbocycles. The number of hydrogen-bond donors (Lipinski definition) is 2. The standard InChI is InChI=1S/C4H6I2O2S/c5-3-1(7)2(8)4(6)9-3/h1-4,7-8H. The average Bonchev–Trinajstić information content (AvgIpc) is 1.98. The molecule has 1 aliphatic rings. The van der Waals surface area contributed by atoms with Gasteiger partial charge in [-0.25, -0.2) is 0 Å². The average molecular weight is 372 g/mol. The van der Waals surface area contributed by atoms with E-state index in [1.807, 2.05) is 0 Å². The van der Waals surface area contributed by atoms with Gasteiger partial charge in [-0.3, -0.25) is 0 Å². The Bertz CT molecular complexity index is 101. The van der Waals surface area contributed by atoms with Crippen LogP contribution in [0.3, 0.4) is 0 Å². The molecule has 0 amide bonds. The zero-order valence-corrected chi connectivity index (χ0v) is 9.50. The first-order chi connectivity index (χ1) is 4.13. The maximum Gasteiger partial charge on any atom is 0.103 e. The minimum absolute atomic E-state index is 0.152. The molecule has 1 fully saturated rings. The first-order valence-corrected chi connectivity index (χ1v) is 5.86. The summed E-state index contributed by atoms with van der Waals surface area (Å²) in [6.45, 7) is 0. The van der Waals surface area contributed by atoms with Crippen LogP contribution in [-0.2, 0) is 0 Å². The third kappa shape index (κ3) is 1.85. The molecule has 54 valence electrons. The van der Waals surface area contributed by atoms with Crippen LogP contribution in [0.25, 0.3) is 0 Å². The molecule has 0 bridgehead atoms. The Morgan fingerprint density at radius 1 is 1.00 bits per heavy atom. The molecule has 5 heteroatoms. The molecule has 2 nitrogen and oxygen atoms in total. The third-order valence-electron chi connectivity index (χ3n) is 1.15. The van der Waals surface area contributed by atoms with Gasteiger partial charge in [0.1, 0.15) is 12.2 Å². The van der Waals surface area contributed by atoms with Crippen LogP contribution in [-0.4, -0.2) is 28.9 Å². The highest BCUT2D eigenvalue weighted by Crippen LogP contribution is 2.41. The zero-order chi connectivity index (χ0) is 7.02. The van der Waals surface area contributed by atoms with E-state index in [9.17, 15) is 0 Å². The van der Waals surface area contributed by atoms with Crippen molar-refractivity contribution in [1.29, 1.82) is 0 Å². The molecule has 0 aliphatic carbocycles. The van der Waals surface area contributed by atoms with E-state index >= 15 is 0 Å². The van der Waals surface area contributed by atoms with Gasteiger partial charge in [-0.1, -0.05) is 45.2 Å². The molecule has 1 aliphatic heterocycles. The molecule has 4 atom stereocenters. The van der Waals surface area contributed by atoms with Gasteiger partial charge in [0.2, 0.25) is 0 Å². The van der Waals surface area contributed by atoms with Crippen molar-refractivity contribution >= 4 is 56.9 Å². The summed E-state index contributed by atoms with van der Waals surface area (Å²) in [6.07, 6.45) is -1.09. The number of hydrogen-bond acceptors (Lipinski definition) is 3. The molecule has 9 heavy (non-hydrogen) atoms. The normalized spacial score (nSPS) is 52.0. The summed E-state index contributed by atoms with van der Waals surface area (Å²) >= 11 is 5.88. The second kappa shape index (κ2) is 3.42. The first kappa shape index (κ1) is 8.82. The van der Waals surface area contributed by atoms with E-state index in [4.69, 9.17) is 10.2 Å². The lowest BCUT2D eigenvalue weighted by Gasteiger charge is -2.08. The highest BCUT2D eigenvalue weighted by atomic mass is 127. The number of rotatable bonds is 0. The fourth-order valence-electron chi connectivity index (χ4n) is 0.595. The van der Waals surface area contributed by atoms with Crippen LogP contribution in [0.4, 0.5) is 0 Å². The minimum Gasteiger partial charge on any atom is -0.388 e. The number of thioether (sulfide) groups is 1. The molecule has 0 aromatic carbocycles. The van der Waals surface area contributed by atoms with Crippen molar-refractivity contribution in [1.82, 2.24) is 0 Å². The highest BCUT2D eigenvalue weighted by molar-refractivity contribution is 14.1. The molecule has 1 rings (SSSR count). The lowest BCUT2D eigenvalue weighted by molar-refractivity contribution is 0.0525. The summed E-state index contributed by atoms with van der Waals surface area (Å²) in [5.41, 5.74) is 0. The summed E-state index contributed by atoms with van der Waals surface area (Å²) < 4.78 is 0.305. The van der Waals surface area contributed by atoms with E-state index in [-0.39, 0.29) is 6.51 Å². The van der Waals surface area contributed by atoms with Gasteiger partial charge in [0, 0.05) is 0 Å². The van der Waals surface area contributed by atoms with E-state index in [2.05, 4.69) is 45.2 Å². The topological polar surface area (TPSA) is 40.5 Å². The lowest BCUT2D eigenvalue weighted by Crippen LogP contribution is -2.28. The number of halogens is 2. The lowest BCUT2D eigenvalue weighted by atomic mass is 10.3. The van der Waals surface area contributed by atoms with Crippen LogP contribution in [0.1, 0.15) is 0 Å². The Morgan fingerprint density at radius 3 is 1.44 bits per heavy atom. The maximum atomic E-state index is 9.15. The van der Waals surface area contributed by atoms with Gasteiger partial charge >= 0.3 is 0 Å². The number of aliphatic hydroxyl groups excluding tert-OH is 2. The van der Waals surface area contributed by atoms with Crippen LogP contribution >= 0.6 is 56.9 Å². The summed E-state index contributed by atoms with van der Waals surface area (Å²) in [4.78, 5) is 0. The van der Waals surface area contributed by atoms with Gasteiger partial charge in [-0.15, -0.1) is 11.8 Å². The fourth-order valence-corrected chi connectivity index (χ4v) is 5.92. The first-order valence-electron chi connectivity index (χ1n) is 2.42. The fraction of sp³-hybridized carbons (Fsp3) is 1.00. The van der Waals surface area contributed by atoms with Crippen LogP contribution < -0.4 is 0 Å². The SMILES string of the molecule is OC1C(I)SC(I)C1O. The Hall–Kier alpha value is 1.73. The Kier molecular flexibility index (Phi) is 3.35. The summed E-state index contributed by atoms with van der Waals surface area (Å²) in [5, 5.41) is 18.3. The molecule has 1 saturated heterocycles. The predicted octanol–water partition coefficient (Wildman–Crippen LogP) is 0.977. The van der Waals surface area contributed by atoms with Crippen LogP contribution in [0.2, 0.25) is 0 Å². The summed E-state index contributed by atoms with van der Waals surface area (Å²) in [6, 6.07) is 0. The molecule has 0 aromatic heterocycles. The quantitative estimate of drug-likeness (QED) is 0.492. The number of alkyl halides is 2. The third-order valence-corrected chi connectivity index (χ3v) is 5.46. The van der Waals surface area contributed by atoms with Crippen molar-refractivity contribution in [3.8, 4) is 0 Å². The van der Waals surface area contributed by atoms with Crippen LogP contribution in [0, 0.1) is 0 Å². The molecule has 0 aromatic rings. The zero-order valence-electron chi connectivity index (χ0n) is 4.37. The van der Waals surface area contributed by atoms with Gasteiger partial charge < -0.3 is 10.2 Å². The Labute approximate surface area is 85.1 Å². The van der Waals surface area contributed by atoms with E-state index in [1.165, 1.54) is 0 Å². The van der Waals surface area contributed by atoms with E-state index in [1.54, 1.807) is 11.8 Å². The van der Waals surface area contributed by atoms with Crippen molar-refractivity contribution in [2.24, 2.45) is 0 Å². The predicted molar refractivity (Wildman–Crippen MR) is 55.2 cm³/mol. The van der Waals surface area contributed by atoms with Crippen molar-refractivity contribution in [2.45, 2.75) is 18.7 Å². The van der Waals surface area contributed by atoms with Crippen molar-refractivity contribution in [3.05, 3.63) is 0 Å². The van der Waals surface area contributed by atoms with E-state index < -0.39 is 12.2 Å². The van der Waals surface area contributed by atoms with Gasteiger partial charge in [0.25, 0.3) is 0 Å². The monoisotopic (exact) mass is 372 g/mol. The largest absolute Gasteiger partial charge is 0.388 e. The van der Waals surface area contributed by atoms with Gasteiger partial charge in [0.05, 0.1) is 6.51 Å². The maximum absolute atomic E-state index is 9.15. The van der Waals surface area contributed by atoms with Crippen molar-refractivity contribution in [2.75, 3.05) is 0 Å². The van der Waals surface area contributed by atoms with Crippen LogP contribution in [0.15, 0.2) is 0 Å². The highest BCUT2D eigenvalue weighted by Gasteiger charge is 2.39. The Balaban J connectivity index is 2.54. The van der Waals surface area contributed by atoms with Gasteiger partial charge in [0.15, 0.2) is 0 Å². The molecular formula is C4H6I2O2S. The second-order valence-electron chi connectivity index (χ2n) is 1.82. The number of aliphatic hydroxyl groups is 2. The van der Waals surface area contributed by atoms with E-state index in [0.717, 1.165) is 0 Å². The molecule has 2 N–H and O–H groups in total. The smallest absolute Gasteiger partial charge is 0.103 e. The van der Waals surface area contributed by atoms with Crippen molar-refractivity contribution < 1.29 is 10.2 Å². The molecular weight excluding hydrogens is 366 g/mol. The molecule has 0 radical (unpaired) electrons. The second-order valence-corrected chi connectivity index (χ2v) is 7.48. The molecule has 0 spiro atoms.